The Labute approximate surface area is 70.8 Å². The van der Waals surface area contributed by atoms with E-state index in [0.717, 1.165) is 17.9 Å². The Morgan fingerprint density at radius 3 is 2.09 bits per heavy atom. The lowest BCUT2D eigenvalue weighted by Gasteiger charge is -2.20. The first-order chi connectivity index (χ1) is 5.11. The van der Waals surface area contributed by atoms with Gasteiger partial charge in [0.1, 0.15) is 0 Å². The fourth-order valence-electron chi connectivity index (χ4n) is 2.07. The van der Waals surface area contributed by atoms with Gasteiger partial charge in [0.05, 0.1) is 0 Å². The van der Waals surface area contributed by atoms with Crippen LogP contribution in [-0.4, -0.2) is 25.0 Å². The summed E-state index contributed by atoms with van der Waals surface area (Å²) in [5.41, 5.74) is 0. The molecular weight excluding hydrogens is 134 g/mol. The zero-order valence-electron chi connectivity index (χ0n) is 8.30. The molecule has 1 rings (SSSR count). The SMILES string of the molecule is CC(C)C1CCC(N(C)C)C1. The summed E-state index contributed by atoms with van der Waals surface area (Å²) in [6, 6.07) is 0.863. The van der Waals surface area contributed by atoms with Gasteiger partial charge in [0, 0.05) is 6.04 Å². The molecule has 0 amide bonds. The summed E-state index contributed by atoms with van der Waals surface area (Å²) in [5, 5.41) is 0. The summed E-state index contributed by atoms with van der Waals surface area (Å²) >= 11 is 0. The Balaban J connectivity index is 2.35. The molecule has 0 aromatic carbocycles. The van der Waals surface area contributed by atoms with E-state index in [-0.39, 0.29) is 0 Å². The first-order valence-electron chi connectivity index (χ1n) is 4.77. The fraction of sp³-hybridized carbons (Fsp3) is 1.00. The second-order valence-electron chi connectivity index (χ2n) is 4.43. The molecule has 0 bridgehead atoms. The van der Waals surface area contributed by atoms with Crippen molar-refractivity contribution in [1.29, 1.82) is 0 Å². The molecule has 2 atom stereocenters. The second kappa shape index (κ2) is 3.57. The van der Waals surface area contributed by atoms with E-state index in [4.69, 9.17) is 0 Å². The van der Waals surface area contributed by atoms with Crippen molar-refractivity contribution in [3.8, 4) is 0 Å². The van der Waals surface area contributed by atoms with Crippen LogP contribution in [-0.2, 0) is 0 Å². The lowest BCUT2D eigenvalue weighted by molar-refractivity contribution is 0.279. The number of hydrogen-bond donors (Lipinski definition) is 0. The normalized spacial score (nSPS) is 32.2. The summed E-state index contributed by atoms with van der Waals surface area (Å²) < 4.78 is 0. The molecule has 1 aliphatic carbocycles. The molecule has 0 saturated heterocycles. The van der Waals surface area contributed by atoms with Gasteiger partial charge in [-0.25, -0.2) is 0 Å². The highest BCUT2D eigenvalue weighted by Crippen LogP contribution is 2.33. The van der Waals surface area contributed by atoms with Crippen LogP contribution in [0.2, 0.25) is 0 Å². The van der Waals surface area contributed by atoms with Gasteiger partial charge in [-0.3, -0.25) is 0 Å². The smallest absolute Gasteiger partial charge is 0.00920 e. The minimum Gasteiger partial charge on any atom is -0.306 e. The Bertz CT molecular complexity index is 104. The minimum atomic E-state index is 0.863. The van der Waals surface area contributed by atoms with Crippen LogP contribution in [0.5, 0.6) is 0 Å². The van der Waals surface area contributed by atoms with Crippen LogP contribution in [0, 0.1) is 11.8 Å². The van der Waals surface area contributed by atoms with Crippen LogP contribution in [0.3, 0.4) is 0 Å². The summed E-state index contributed by atoms with van der Waals surface area (Å²) in [5.74, 6) is 1.88. The van der Waals surface area contributed by atoms with E-state index in [2.05, 4.69) is 32.8 Å². The molecule has 1 nitrogen and oxygen atoms in total. The van der Waals surface area contributed by atoms with Gasteiger partial charge < -0.3 is 4.90 Å². The highest BCUT2D eigenvalue weighted by molar-refractivity contribution is 4.81. The standard InChI is InChI=1S/C10H21N/c1-8(2)9-5-6-10(7-9)11(3)4/h8-10H,5-7H2,1-4H3. The molecule has 0 aromatic rings. The molecule has 0 radical (unpaired) electrons. The van der Waals surface area contributed by atoms with Gasteiger partial charge in [-0.15, -0.1) is 0 Å². The average molecular weight is 155 g/mol. The van der Waals surface area contributed by atoms with Crippen molar-refractivity contribution < 1.29 is 0 Å². The third-order valence-electron chi connectivity index (χ3n) is 3.12. The monoisotopic (exact) mass is 155 g/mol. The van der Waals surface area contributed by atoms with Crippen LogP contribution in [0.15, 0.2) is 0 Å². The lowest BCUT2D eigenvalue weighted by Crippen LogP contribution is -2.25. The Morgan fingerprint density at radius 2 is 1.82 bits per heavy atom. The van der Waals surface area contributed by atoms with Crippen molar-refractivity contribution in [3.63, 3.8) is 0 Å². The maximum atomic E-state index is 2.38. The first-order valence-corrected chi connectivity index (χ1v) is 4.77. The van der Waals surface area contributed by atoms with Gasteiger partial charge in [-0.2, -0.15) is 0 Å². The maximum absolute atomic E-state index is 2.38. The second-order valence-corrected chi connectivity index (χ2v) is 4.43. The van der Waals surface area contributed by atoms with Crippen molar-refractivity contribution in [2.24, 2.45) is 11.8 Å². The Kier molecular flexibility index (Phi) is 2.94. The predicted molar refractivity (Wildman–Crippen MR) is 49.7 cm³/mol. The fourth-order valence-corrected chi connectivity index (χ4v) is 2.07. The zero-order chi connectivity index (χ0) is 8.43. The van der Waals surface area contributed by atoms with Crippen LogP contribution in [0.1, 0.15) is 33.1 Å². The van der Waals surface area contributed by atoms with E-state index in [1.165, 1.54) is 19.3 Å². The van der Waals surface area contributed by atoms with Gasteiger partial charge in [-0.05, 0) is 45.2 Å². The van der Waals surface area contributed by atoms with E-state index in [9.17, 15) is 0 Å². The summed E-state index contributed by atoms with van der Waals surface area (Å²) in [7, 11) is 4.40. The molecule has 0 N–H and O–H groups in total. The number of rotatable bonds is 2. The first kappa shape index (κ1) is 9.05. The van der Waals surface area contributed by atoms with Gasteiger partial charge in [0.2, 0.25) is 0 Å². The van der Waals surface area contributed by atoms with Gasteiger partial charge in [0.15, 0.2) is 0 Å². The van der Waals surface area contributed by atoms with Crippen LogP contribution in [0.25, 0.3) is 0 Å². The minimum absolute atomic E-state index is 0.863. The number of nitrogens with zero attached hydrogens (tertiary/aromatic N) is 1. The number of hydrogen-bond acceptors (Lipinski definition) is 1. The van der Waals surface area contributed by atoms with Crippen LogP contribution >= 0.6 is 0 Å². The molecule has 1 saturated carbocycles. The molecule has 1 aliphatic rings. The van der Waals surface area contributed by atoms with Gasteiger partial charge in [0.25, 0.3) is 0 Å². The topological polar surface area (TPSA) is 3.24 Å². The molecule has 11 heavy (non-hydrogen) atoms. The molecular formula is C10H21N. The summed E-state index contributed by atoms with van der Waals surface area (Å²) in [4.78, 5) is 2.38. The maximum Gasteiger partial charge on any atom is 0.00920 e. The van der Waals surface area contributed by atoms with E-state index in [0.29, 0.717) is 0 Å². The lowest BCUT2D eigenvalue weighted by atomic mass is 9.94. The molecule has 2 unspecified atom stereocenters. The molecule has 1 heteroatoms. The molecule has 0 heterocycles. The molecule has 1 fully saturated rings. The predicted octanol–water partition coefficient (Wildman–Crippen LogP) is 2.37. The average Bonchev–Trinajstić information content (AvgIpc) is 2.33. The van der Waals surface area contributed by atoms with Crippen molar-refractivity contribution in [2.75, 3.05) is 14.1 Å². The van der Waals surface area contributed by atoms with Crippen molar-refractivity contribution in [2.45, 2.75) is 39.2 Å². The van der Waals surface area contributed by atoms with Crippen molar-refractivity contribution >= 4 is 0 Å². The molecule has 66 valence electrons. The van der Waals surface area contributed by atoms with Crippen molar-refractivity contribution in [1.82, 2.24) is 4.90 Å². The summed E-state index contributed by atoms with van der Waals surface area (Å²) in [6.07, 6.45) is 4.28. The Hall–Kier alpha value is -0.0400. The zero-order valence-corrected chi connectivity index (χ0v) is 8.30. The third-order valence-corrected chi connectivity index (χ3v) is 3.12. The highest BCUT2D eigenvalue weighted by Gasteiger charge is 2.27. The van der Waals surface area contributed by atoms with Crippen LogP contribution < -0.4 is 0 Å². The van der Waals surface area contributed by atoms with Crippen LogP contribution in [0.4, 0.5) is 0 Å². The van der Waals surface area contributed by atoms with Crippen molar-refractivity contribution in [3.05, 3.63) is 0 Å². The largest absolute Gasteiger partial charge is 0.306 e. The van der Waals surface area contributed by atoms with E-state index in [1.807, 2.05) is 0 Å². The molecule has 0 spiro atoms. The molecule has 0 aliphatic heterocycles. The molecule has 0 aromatic heterocycles. The quantitative estimate of drug-likeness (QED) is 0.592. The highest BCUT2D eigenvalue weighted by atomic mass is 15.1. The van der Waals surface area contributed by atoms with E-state index in [1.54, 1.807) is 0 Å². The Morgan fingerprint density at radius 1 is 1.18 bits per heavy atom. The van der Waals surface area contributed by atoms with Gasteiger partial charge >= 0.3 is 0 Å². The van der Waals surface area contributed by atoms with Gasteiger partial charge in [-0.1, -0.05) is 13.8 Å². The van der Waals surface area contributed by atoms with E-state index >= 15 is 0 Å². The van der Waals surface area contributed by atoms with E-state index < -0.39 is 0 Å². The third kappa shape index (κ3) is 2.19. The summed E-state index contributed by atoms with van der Waals surface area (Å²) in [6.45, 7) is 4.70.